The van der Waals surface area contributed by atoms with E-state index in [1.54, 1.807) is 24.1 Å². The molecule has 0 aliphatic carbocycles. The van der Waals surface area contributed by atoms with Crippen LogP contribution >= 0.6 is 0 Å². The van der Waals surface area contributed by atoms with Gasteiger partial charge in [0.1, 0.15) is 0 Å². The van der Waals surface area contributed by atoms with Gasteiger partial charge in [-0.3, -0.25) is 4.79 Å². The van der Waals surface area contributed by atoms with Gasteiger partial charge < -0.3 is 9.64 Å². The number of ether oxygens (including phenoxy) is 1. The van der Waals surface area contributed by atoms with Crippen LogP contribution in [0.15, 0.2) is 54.6 Å². The number of amides is 1. The zero-order chi connectivity index (χ0) is 16.8. The highest BCUT2D eigenvalue weighted by molar-refractivity contribution is 5.91. The van der Waals surface area contributed by atoms with E-state index >= 15 is 0 Å². The normalized spacial score (nSPS) is 12.2. The highest BCUT2D eigenvalue weighted by atomic mass is 19.1. The first-order valence-corrected chi connectivity index (χ1v) is 7.36. The average Bonchev–Trinajstić information content (AvgIpc) is 2.59. The molecule has 0 aromatic heterocycles. The van der Waals surface area contributed by atoms with Gasteiger partial charge in [0.25, 0.3) is 0 Å². The molecule has 0 radical (unpaired) electrons. The number of benzene rings is 2. The molecule has 0 heterocycles. The zero-order valence-electron chi connectivity index (χ0n) is 13.5. The summed E-state index contributed by atoms with van der Waals surface area (Å²) in [5.74, 6) is -0.408. The van der Waals surface area contributed by atoms with Crippen LogP contribution in [-0.4, -0.2) is 25.0 Å². The maximum atomic E-state index is 13.6. The minimum absolute atomic E-state index is 0.0408. The largest absolute Gasteiger partial charge is 0.494 e. The monoisotopic (exact) mass is 313 g/mol. The number of hydrogen-bond donors (Lipinski definition) is 0. The van der Waals surface area contributed by atoms with Crippen LogP contribution in [0, 0.1) is 5.82 Å². The highest BCUT2D eigenvalue weighted by Crippen LogP contribution is 2.20. The van der Waals surface area contributed by atoms with Crippen molar-refractivity contribution in [1.29, 1.82) is 0 Å². The third-order valence-corrected chi connectivity index (χ3v) is 3.80. The molecule has 23 heavy (non-hydrogen) atoms. The molecule has 120 valence electrons. The van der Waals surface area contributed by atoms with Crippen molar-refractivity contribution >= 4 is 12.0 Å². The van der Waals surface area contributed by atoms with Gasteiger partial charge in [-0.05, 0) is 36.3 Å². The number of halogens is 1. The molecule has 0 aliphatic rings. The van der Waals surface area contributed by atoms with Crippen molar-refractivity contribution in [2.75, 3.05) is 14.2 Å². The van der Waals surface area contributed by atoms with Gasteiger partial charge in [0.05, 0.1) is 13.2 Å². The summed E-state index contributed by atoms with van der Waals surface area (Å²) in [6.45, 7) is 1.97. The number of nitrogens with zero attached hydrogens (tertiary/aromatic N) is 1. The lowest BCUT2D eigenvalue weighted by atomic mass is 10.1. The van der Waals surface area contributed by atoms with Gasteiger partial charge in [-0.15, -0.1) is 0 Å². The van der Waals surface area contributed by atoms with Crippen LogP contribution in [0.1, 0.15) is 24.1 Å². The maximum Gasteiger partial charge on any atom is 0.246 e. The fraction of sp³-hybridized carbons (Fsp3) is 0.211. The Morgan fingerprint density at radius 2 is 1.91 bits per heavy atom. The molecule has 1 atom stereocenters. The molecule has 4 heteroatoms. The second-order valence-electron chi connectivity index (χ2n) is 5.26. The van der Waals surface area contributed by atoms with Gasteiger partial charge in [-0.25, -0.2) is 4.39 Å². The fourth-order valence-electron chi connectivity index (χ4n) is 2.22. The van der Waals surface area contributed by atoms with Crippen LogP contribution in [0.25, 0.3) is 6.08 Å². The molecule has 2 aromatic carbocycles. The Kier molecular flexibility index (Phi) is 5.52. The average molecular weight is 313 g/mol. The number of carbonyl (C=O) groups excluding carboxylic acids is 1. The molecule has 0 saturated heterocycles. The molecule has 2 rings (SSSR count). The summed E-state index contributed by atoms with van der Waals surface area (Å²) in [7, 11) is 3.16. The van der Waals surface area contributed by atoms with Gasteiger partial charge in [0.2, 0.25) is 5.91 Å². The van der Waals surface area contributed by atoms with E-state index < -0.39 is 5.82 Å². The van der Waals surface area contributed by atoms with Gasteiger partial charge in [0.15, 0.2) is 11.6 Å². The van der Waals surface area contributed by atoms with Crippen LogP contribution in [0.5, 0.6) is 5.75 Å². The molecule has 1 unspecified atom stereocenters. The summed E-state index contributed by atoms with van der Waals surface area (Å²) in [5.41, 5.74) is 1.67. The molecule has 0 N–H and O–H groups in total. The van der Waals surface area contributed by atoms with Crippen molar-refractivity contribution in [1.82, 2.24) is 4.90 Å². The fourth-order valence-corrected chi connectivity index (χ4v) is 2.22. The summed E-state index contributed by atoms with van der Waals surface area (Å²) in [6, 6.07) is 14.3. The van der Waals surface area contributed by atoms with E-state index in [0.717, 1.165) is 5.56 Å². The van der Waals surface area contributed by atoms with Gasteiger partial charge >= 0.3 is 0 Å². The standard InChI is InChI=1S/C19H20FNO2/c1-14(16-7-5-4-6-8-16)21(2)19(22)12-10-15-9-11-18(23-3)17(20)13-15/h4-14H,1-3H3. The van der Waals surface area contributed by atoms with Gasteiger partial charge in [-0.1, -0.05) is 36.4 Å². The van der Waals surface area contributed by atoms with Crippen molar-refractivity contribution in [2.24, 2.45) is 0 Å². The first-order chi connectivity index (χ1) is 11.0. The second-order valence-corrected chi connectivity index (χ2v) is 5.26. The van der Waals surface area contributed by atoms with Gasteiger partial charge in [0, 0.05) is 13.1 Å². The van der Waals surface area contributed by atoms with Crippen molar-refractivity contribution in [3.05, 3.63) is 71.6 Å². The van der Waals surface area contributed by atoms with E-state index in [1.165, 1.54) is 25.3 Å². The van der Waals surface area contributed by atoms with Crippen LogP contribution < -0.4 is 4.74 Å². The third-order valence-electron chi connectivity index (χ3n) is 3.80. The first-order valence-electron chi connectivity index (χ1n) is 7.36. The summed E-state index contributed by atoms with van der Waals surface area (Å²) >= 11 is 0. The van der Waals surface area contributed by atoms with Crippen LogP contribution in [0.3, 0.4) is 0 Å². The molecule has 3 nitrogen and oxygen atoms in total. The van der Waals surface area contributed by atoms with E-state index in [0.29, 0.717) is 5.56 Å². The zero-order valence-corrected chi connectivity index (χ0v) is 13.5. The highest BCUT2D eigenvalue weighted by Gasteiger charge is 2.14. The van der Waals surface area contributed by atoms with Crippen molar-refractivity contribution < 1.29 is 13.9 Å². The quantitative estimate of drug-likeness (QED) is 0.779. The van der Waals surface area contributed by atoms with E-state index in [-0.39, 0.29) is 17.7 Å². The van der Waals surface area contributed by atoms with E-state index in [2.05, 4.69) is 0 Å². The SMILES string of the molecule is COc1ccc(C=CC(=O)N(C)C(C)c2ccccc2)cc1F. The maximum absolute atomic E-state index is 13.6. The minimum Gasteiger partial charge on any atom is -0.494 e. The molecule has 1 amide bonds. The number of methoxy groups -OCH3 is 1. The summed E-state index contributed by atoms with van der Waals surface area (Å²) in [6.07, 6.45) is 3.04. The summed E-state index contributed by atoms with van der Waals surface area (Å²) in [5, 5.41) is 0. The van der Waals surface area contributed by atoms with Crippen LogP contribution in [0.4, 0.5) is 4.39 Å². The Balaban J connectivity index is 2.07. The summed E-state index contributed by atoms with van der Waals surface area (Å²) in [4.78, 5) is 13.9. The lowest BCUT2D eigenvalue weighted by molar-refractivity contribution is -0.126. The molecular weight excluding hydrogens is 293 g/mol. The van der Waals surface area contributed by atoms with E-state index in [4.69, 9.17) is 4.74 Å². The van der Waals surface area contributed by atoms with Crippen LogP contribution in [-0.2, 0) is 4.79 Å². The van der Waals surface area contributed by atoms with E-state index in [1.807, 2.05) is 37.3 Å². The molecule has 0 aliphatic heterocycles. The lowest BCUT2D eigenvalue weighted by Gasteiger charge is -2.24. The molecule has 0 saturated carbocycles. The predicted molar refractivity (Wildman–Crippen MR) is 89.6 cm³/mol. The lowest BCUT2D eigenvalue weighted by Crippen LogP contribution is -2.27. The minimum atomic E-state index is -0.451. The predicted octanol–water partition coefficient (Wildman–Crippen LogP) is 4.07. The Hall–Kier alpha value is -2.62. The third kappa shape index (κ3) is 4.19. The smallest absolute Gasteiger partial charge is 0.246 e. The molecule has 0 spiro atoms. The van der Waals surface area contributed by atoms with E-state index in [9.17, 15) is 9.18 Å². The Morgan fingerprint density at radius 1 is 1.22 bits per heavy atom. The molecule has 0 bridgehead atoms. The van der Waals surface area contributed by atoms with Crippen LogP contribution in [0.2, 0.25) is 0 Å². The van der Waals surface area contributed by atoms with Crippen molar-refractivity contribution in [3.8, 4) is 5.75 Å². The summed E-state index contributed by atoms with van der Waals surface area (Å²) < 4.78 is 18.5. The number of carbonyl (C=O) groups is 1. The Morgan fingerprint density at radius 3 is 2.52 bits per heavy atom. The topological polar surface area (TPSA) is 29.5 Å². The van der Waals surface area contributed by atoms with Gasteiger partial charge in [-0.2, -0.15) is 0 Å². The second kappa shape index (κ2) is 7.58. The molecule has 0 fully saturated rings. The van der Waals surface area contributed by atoms with Crippen molar-refractivity contribution in [2.45, 2.75) is 13.0 Å². The first kappa shape index (κ1) is 16.7. The number of rotatable bonds is 5. The van der Waals surface area contributed by atoms with Crippen molar-refractivity contribution in [3.63, 3.8) is 0 Å². The Labute approximate surface area is 136 Å². The Bertz CT molecular complexity index is 698. The number of likely N-dealkylation sites (N-methyl/N-ethyl adjacent to an activating group) is 1. The number of hydrogen-bond acceptors (Lipinski definition) is 2. The molecular formula is C19H20FNO2. The molecule has 2 aromatic rings.